The van der Waals surface area contributed by atoms with E-state index in [-0.39, 0.29) is 5.82 Å². The van der Waals surface area contributed by atoms with Crippen LogP contribution >= 0.6 is 0 Å². The molecule has 0 aliphatic heterocycles. The van der Waals surface area contributed by atoms with Crippen molar-refractivity contribution >= 4 is 0 Å². The number of halogens is 1. The van der Waals surface area contributed by atoms with Crippen molar-refractivity contribution in [1.29, 1.82) is 0 Å². The van der Waals surface area contributed by atoms with E-state index < -0.39 is 0 Å². The van der Waals surface area contributed by atoms with Crippen molar-refractivity contribution in [3.8, 4) is 11.1 Å². The topological polar surface area (TPSA) is 51.8 Å². The predicted octanol–water partition coefficient (Wildman–Crippen LogP) is 1.78. The summed E-state index contributed by atoms with van der Waals surface area (Å²) in [6, 6.07) is 6.25. The molecule has 0 atom stereocenters. The van der Waals surface area contributed by atoms with Crippen molar-refractivity contribution in [3.63, 3.8) is 0 Å². The first-order chi connectivity index (χ1) is 7.79. The summed E-state index contributed by atoms with van der Waals surface area (Å²) in [5.41, 5.74) is 7.18. The van der Waals surface area contributed by atoms with Gasteiger partial charge in [-0.3, -0.25) is 0 Å². The molecule has 0 spiro atoms. The van der Waals surface area contributed by atoms with E-state index >= 15 is 0 Å². The standard InChI is InChI=1S/C12H12FN3/c13-11-3-1-9(2-4-11)10-7-15-12(5-6-14)16-8-10/h1-4,7-8H,5-6,14H2. The Kier molecular flexibility index (Phi) is 3.22. The highest BCUT2D eigenvalue weighted by atomic mass is 19.1. The lowest BCUT2D eigenvalue weighted by molar-refractivity contribution is 0.628. The first kappa shape index (κ1) is 10.7. The Morgan fingerprint density at radius 2 is 1.62 bits per heavy atom. The fraction of sp³-hybridized carbons (Fsp3) is 0.167. The Bertz CT molecular complexity index is 451. The summed E-state index contributed by atoms with van der Waals surface area (Å²) in [5, 5.41) is 0. The Morgan fingerprint density at radius 1 is 1.00 bits per heavy atom. The average Bonchev–Trinajstić information content (AvgIpc) is 2.32. The van der Waals surface area contributed by atoms with Crippen molar-refractivity contribution in [2.24, 2.45) is 5.73 Å². The van der Waals surface area contributed by atoms with Crippen LogP contribution in [0.1, 0.15) is 5.82 Å². The summed E-state index contributed by atoms with van der Waals surface area (Å²) in [6.07, 6.45) is 4.13. The van der Waals surface area contributed by atoms with Gasteiger partial charge in [-0.15, -0.1) is 0 Å². The van der Waals surface area contributed by atoms with Crippen LogP contribution in [0.3, 0.4) is 0 Å². The van der Waals surface area contributed by atoms with Gasteiger partial charge in [-0.05, 0) is 24.2 Å². The molecule has 2 aromatic rings. The molecule has 3 nitrogen and oxygen atoms in total. The highest BCUT2D eigenvalue weighted by molar-refractivity contribution is 5.61. The number of rotatable bonds is 3. The second-order valence-electron chi connectivity index (χ2n) is 3.43. The van der Waals surface area contributed by atoms with Crippen LogP contribution in [-0.2, 0) is 6.42 Å². The Morgan fingerprint density at radius 3 is 2.19 bits per heavy atom. The van der Waals surface area contributed by atoms with Gasteiger partial charge in [-0.2, -0.15) is 0 Å². The number of hydrogen-bond donors (Lipinski definition) is 1. The molecule has 0 saturated carbocycles. The minimum atomic E-state index is -0.246. The van der Waals surface area contributed by atoms with E-state index in [9.17, 15) is 4.39 Å². The molecule has 16 heavy (non-hydrogen) atoms. The van der Waals surface area contributed by atoms with E-state index in [1.807, 2.05) is 0 Å². The van der Waals surface area contributed by atoms with E-state index in [0.29, 0.717) is 13.0 Å². The molecule has 0 saturated heterocycles. The van der Waals surface area contributed by atoms with E-state index in [0.717, 1.165) is 17.0 Å². The van der Waals surface area contributed by atoms with Gasteiger partial charge in [0, 0.05) is 24.4 Å². The molecule has 1 aromatic heterocycles. The molecular weight excluding hydrogens is 205 g/mol. The van der Waals surface area contributed by atoms with Gasteiger partial charge < -0.3 is 5.73 Å². The second kappa shape index (κ2) is 4.81. The molecule has 4 heteroatoms. The van der Waals surface area contributed by atoms with Gasteiger partial charge in [0.25, 0.3) is 0 Å². The maximum absolute atomic E-state index is 12.7. The molecule has 2 rings (SSSR count). The molecule has 0 radical (unpaired) electrons. The van der Waals surface area contributed by atoms with Crippen LogP contribution in [0.2, 0.25) is 0 Å². The molecule has 0 aliphatic rings. The summed E-state index contributed by atoms with van der Waals surface area (Å²) in [7, 11) is 0. The van der Waals surface area contributed by atoms with Crippen molar-refractivity contribution in [2.75, 3.05) is 6.54 Å². The molecule has 1 heterocycles. The largest absolute Gasteiger partial charge is 0.330 e. The van der Waals surface area contributed by atoms with Gasteiger partial charge >= 0.3 is 0 Å². The van der Waals surface area contributed by atoms with Crippen LogP contribution in [0.15, 0.2) is 36.7 Å². The maximum atomic E-state index is 12.7. The zero-order chi connectivity index (χ0) is 11.4. The summed E-state index contributed by atoms with van der Waals surface area (Å²) in [4.78, 5) is 8.36. The van der Waals surface area contributed by atoms with Gasteiger partial charge in [-0.1, -0.05) is 12.1 Å². The lowest BCUT2D eigenvalue weighted by Crippen LogP contribution is -2.06. The molecule has 82 valence electrons. The van der Waals surface area contributed by atoms with Crippen LogP contribution in [0.25, 0.3) is 11.1 Å². The number of nitrogens with zero attached hydrogens (tertiary/aromatic N) is 2. The van der Waals surface area contributed by atoms with Crippen LogP contribution in [0.4, 0.5) is 4.39 Å². The van der Waals surface area contributed by atoms with Gasteiger partial charge in [0.2, 0.25) is 0 Å². The van der Waals surface area contributed by atoms with Crippen molar-refractivity contribution in [1.82, 2.24) is 9.97 Å². The number of benzene rings is 1. The first-order valence-corrected chi connectivity index (χ1v) is 5.06. The quantitative estimate of drug-likeness (QED) is 0.852. The number of hydrogen-bond acceptors (Lipinski definition) is 3. The Balaban J connectivity index is 2.24. The smallest absolute Gasteiger partial charge is 0.129 e. The van der Waals surface area contributed by atoms with Crippen LogP contribution < -0.4 is 5.73 Å². The van der Waals surface area contributed by atoms with Crippen LogP contribution in [0, 0.1) is 5.82 Å². The highest BCUT2D eigenvalue weighted by Crippen LogP contribution is 2.17. The number of nitrogens with two attached hydrogens (primary N) is 1. The normalized spacial score (nSPS) is 10.4. The molecule has 0 amide bonds. The lowest BCUT2D eigenvalue weighted by atomic mass is 10.1. The van der Waals surface area contributed by atoms with Crippen molar-refractivity contribution in [3.05, 3.63) is 48.3 Å². The average molecular weight is 217 g/mol. The highest BCUT2D eigenvalue weighted by Gasteiger charge is 2.00. The van der Waals surface area contributed by atoms with E-state index in [2.05, 4.69) is 9.97 Å². The van der Waals surface area contributed by atoms with Gasteiger partial charge in [-0.25, -0.2) is 14.4 Å². The summed E-state index contributed by atoms with van der Waals surface area (Å²) >= 11 is 0. The van der Waals surface area contributed by atoms with Gasteiger partial charge in [0.05, 0.1) is 0 Å². The van der Waals surface area contributed by atoms with Crippen molar-refractivity contribution < 1.29 is 4.39 Å². The summed E-state index contributed by atoms with van der Waals surface area (Å²) in [5.74, 6) is 0.484. The van der Waals surface area contributed by atoms with Crippen molar-refractivity contribution in [2.45, 2.75) is 6.42 Å². The third-order valence-corrected chi connectivity index (χ3v) is 2.25. The molecule has 0 aliphatic carbocycles. The van der Waals surface area contributed by atoms with Gasteiger partial charge in [0.15, 0.2) is 0 Å². The minimum Gasteiger partial charge on any atom is -0.330 e. The minimum absolute atomic E-state index is 0.246. The third-order valence-electron chi connectivity index (χ3n) is 2.25. The van der Waals surface area contributed by atoms with Crippen LogP contribution in [-0.4, -0.2) is 16.5 Å². The Labute approximate surface area is 93.2 Å². The summed E-state index contributed by atoms with van der Waals surface area (Å²) < 4.78 is 12.7. The Hall–Kier alpha value is -1.81. The second-order valence-corrected chi connectivity index (χ2v) is 3.43. The predicted molar refractivity (Wildman–Crippen MR) is 60.2 cm³/mol. The number of aromatic nitrogens is 2. The molecule has 0 unspecified atom stereocenters. The molecule has 0 bridgehead atoms. The SMILES string of the molecule is NCCc1ncc(-c2ccc(F)cc2)cn1. The van der Waals surface area contributed by atoms with Crippen LogP contribution in [0.5, 0.6) is 0 Å². The fourth-order valence-corrected chi connectivity index (χ4v) is 1.40. The van der Waals surface area contributed by atoms with Gasteiger partial charge in [0.1, 0.15) is 11.6 Å². The first-order valence-electron chi connectivity index (χ1n) is 5.06. The van der Waals surface area contributed by atoms with E-state index in [1.54, 1.807) is 24.5 Å². The monoisotopic (exact) mass is 217 g/mol. The molecular formula is C12H12FN3. The zero-order valence-corrected chi connectivity index (χ0v) is 8.73. The van der Waals surface area contributed by atoms with E-state index in [4.69, 9.17) is 5.73 Å². The molecule has 0 fully saturated rings. The maximum Gasteiger partial charge on any atom is 0.129 e. The van der Waals surface area contributed by atoms with E-state index in [1.165, 1.54) is 12.1 Å². The molecule has 2 N–H and O–H groups in total. The zero-order valence-electron chi connectivity index (χ0n) is 8.73. The summed E-state index contributed by atoms with van der Waals surface area (Å²) in [6.45, 7) is 0.538. The fourth-order valence-electron chi connectivity index (χ4n) is 1.40. The molecule has 1 aromatic carbocycles. The lowest BCUT2D eigenvalue weighted by Gasteiger charge is -2.02. The third kappa shape index (κ3) is 2.41.